The van der Waals surface area contributed by atoms with Crippen molar-refractivity contribution in [2.75, 3.05) is 39.3 Å². The number of rotatable bonds is 8. The van der Waals surface area contributed by atoms with Crippen LogP contribution < -0.4 is 16.0 Å². The molecule has 3 N–H and O–H groups in total. The molecule has 7 heteroatoms. The van der Waals surface area contributed by atoms with Gasteiger partial charge in [-0.1, -0.05) is 0 Å². The van der Waals surface area contributed by atoms with E-state index >= 15 is 0 Å². The van der Waals surface area contributed by atoms with Crippen molar-refractivity contribution in [1.82, 2.24) is 20.9 Å². The third-order valence-corrected chi connectivity index (χ3v) is 3.22. The van der Waals surface area contributed by atoms with Crippen LogP contribution in [0.15, 0.2) is 0 Å². The summed E-state index contributed by atoms with van der Waals surface area (Å²) in [6, 6.07) is 0.162. The third kappa shape index (κ3) is 10.5. The predicted octanol–water partition coefficient (Wildman–Crippen LogP) is 0.125. The number of carbonyl (C=O) groups is 2. The number of hydrogen-bond acceptors (Lipinski definition) is 4. The second kappa shape index (κ2) is 11.8. The van der Waals surface area contributed by atoms with Crippen LogP contribution in [0, 0.1) is 0 Å². The summed E-state index contributed by atoms with van der Waals surface area (Å²) >= 11 is 0. The molecule has 0 aromatic rings. The zero-order valence-electron chi connectivity index (χ0n) is 13.1. The molecule has 1 saturated heterocycles. The van der Waals surface area contributed by atoms with Gasteiger partial charge in [-0.25, -0.2) is 0 Å². The molecular formula is C14H29ClN4O2. The van der Waals surface area contributed by atoms with E-state index in [-0.39, 0.29) is 30.3 Å². The lowest BCUT2D eigenvalue weighted by Gasteiger charge is -2.27. The highest BCUT2D eigenvalue weighted by molar-refractivity contribution is 5.85. The lowest BCUT2D eigenvalue weighted by Crippen LogP contribution is -2.46. The standard InChI is InChI=1S/C14H28N4O2.ClH/c1-12(2)17-14(20)5-3-4-13(19)16-8-11-18-9-6-15-7-10-18;/h12,15H,3-11H2,1-2H3,(H,16,19)(H,17,20);1H. The zero-order valence-corrected chi connectivity index (χ0v) is 13.9. The first kappa shape index (κ1) is 20.1. The van der Waals surface area contributed by atoms with E-state index in [0.29, 0.717) is 25.8 Å². The fourth-order valence-corrected chi connectivity index (χ4v) is 2.18. The van der Waals surface area contributed by atoms with Crippen molar-refractivity contribution >= 4 is 24.2 Å². The fraction of sp³-hybridized carbons (Fsp3) is 0.857. The number of halogens is 1. The van der Waals surface area contributed by atoms with Gasteiger partial charge >= 0.3 is 0 Å². The third-order valence-electron chi connectivity index (χ3n) is 3.22. The van der Waals surface area contributed by atoms with Crippen LogP contribution in [-0.4, -0.2) is 62.0 Å². The Bertz CT molecular complexity index is 307. The van der Waals surface area contributed by atoms with Crippen molar-refractivity contribution in [3.8, 4) is 0 Å². The van der Waals surface area contributed by atoms with Gasteiger partial charge in [-0.05, 0) is 20.3 Å². The van der Waals surface area contributed by atoms with Crippen LogP contribution in [0.3, 0.4) is 0 Å². The van der Waals surface area contributed by atoms with Gasteiger partial charge in [-0.2, -0.15) is 0 Å². The lowest BCUT2D eigenvalue weighted by atomic mass is 10.2. The molecule has 0 aromatic carbocycles. The molecule has 1 rings (SSSR count). The topological polar surface area (TPSA) is 73.5 Å². The van der Waals surface area contributed by atoms with Crippen LogP contribution >= 0.6 is 12.4 Å². The van der Waals surface area contributed by atoms with Gasteiger partial charge in [0.15, 0.2) is 0 Å². The van der Waals surface area contributed by atoms with Gasteiger partial charge < -0.3 is 16.0 Å². The second-order valence-electron chi connectivity index (χ2n) is 5.52. The highest BCUT2D eigenvalue weighted by Gasteiger charge is 2.10. The molecule has 0 atom stereocenters. The van der Waals surface area contributed by atoms with E-state index in [0.717, 1.165) is 32.7 Å². The molecule has 124 valence electrons. The van der Waals surface area contributed by atoms with Gasteiger partial charge in [0.25, 0.3) is 0 Å². The van der Waals surface area contributed by atoms with Crippen molar-refractivity contribution in [2.24, 2.45) is 0 Å². The largest absolute Gasteiger partial charge is 0.355 e. The summed E-state index contributed by atoms with van der Waals surface area (Å²) in [4.78, 5) is 25.4. The molecule has 0 aliphatic carbocycles. The Labute approximate surface area is 133 Å². The van der Waals surface area contributed by atoms with Crippen molar-refractivity contribution in [3.05, 3.63) is 0 Å². The average molecular weight is 321 g/mol. The van der Waals surface area contributed by atoms with Crippen LogP contribution in [0.5, 0.6) is 0 Å². The van der Waals surface area contributed by atoms with E-state index in [1.54, 1.807) is 0 Å². The van der Waals surface area contributed by atoms with Gasteiger partial charge in [0.1, 0.15) is 0 Å². The lowest BCUT2D eigenvalue weighted by molar-refractivity contribution is -0.122. The Morgan fingerprint density at radius 1 is 1.14 bits per heavy atom. The van der Waals surface area contributed by atoms with Gasteiger partial charge in [0.05, 0.1) is 0 Å². The summed E-state index contributed by atoms with van der Waals surface area (Å²) in [5.41, 5.74) is 0. The number of piperazine rings is 1. The normalized spacial score (nSPS) is 15.4. The molecule has 1 aliphatic heterocycles. The molecule has 0 bridgehead atoms. The van der Waals surface area contributed by atoms with Crippen molar-refractivity contribution in [2.45, 2.75) is 39.2 Å². The number of carbonyl (C=O) groups excluding carboxylic acids is 2. The smallest absolute Gasteiger partial charge is 0.220 e. The molecule has 21 heavy (non-hydrogen) atoms. The minimum absolute atomic E-state index is 0. The summed E-state index contributed by atoms with van der Waals surface area (Å²) in [5, 5.41) is 9.03. The Balaban J connectivity index is 0.00000400. The molecule has 0 saturated carbocycles. The summed E-state index contributed by atoms with van der Waals surface area (Å²) < 4.78 is 0. The first-order valence-electron chi connectivity index (χ1n) is 7.57. The molecule has 0 aromatic heterocycles. The van der Waals surface area contributed by atoms with E-state index < -0.39 is 0 Å². The van der Waals surface area contributed by atoms with E-state index in [1.165, 1.54) is 0 Å². The average Bonchev–Trinajstić information content (AvgIpc) is 2.39. The van der Waals surface area contributed by atoms with Crippen LogP contribution in [0.1, 0.15) is 33.1 Å². The zero-order chi connectivity index (χ0) is 14.8. The highest BCUT2D eigenvalue weighted by atomic mass is 35.5. The van der Waals surface area contributed by atoms with Crippen molar-refractivity contribution in [3.63, 3.8) is 0 Å². The summed E-state index contributed by atoms with van der Waals surface area (Å²) in [5.74, 6) is 0.0612. The van der Waals surface area contributed by atoms with Gasteiger partial charge in [-0.15, -0.1) is 12.4 Å². The van der Waals surface area contributed by atoms with Crippen LogP contribution in [-0.2, 0) is 9.59 Å². The maximum absolute atomic E-state index is 11.6. The summed E-state index contributed by atoms with van der Waals surface area (Å²) in [7, 11) is 0. The van der Waals surface area contributed by atoms with Gasteiger partial charge in [0.2, 0.25) is 11.8 Å². The molecule has 0 spiro atoms. The maximum atomic E-state index is 11.6. The first-order valence-corrected chi connectivity index (χ1v) is 7.57. The van der Waals surface area contributed by atoms with Gasteiger partial charge in [0, 0.05) is 58.2 Å². The Hall–Kier alpha value is -0.850. The fourth-order valence-electron chi connectivity index (χ4n) is 2.18. The molecular weight excluding hydrogens is 292 g/mol. The molecule has 1 aliphatic rings. The van der Waals surface area contributed by atoms with E-state index in [9.17, 15) is 9.59 Å². The Morgan fingerprint density at radius 3 is 2.38 bits per heavy atom. The maximum Gasteiger partial charge on any atom is 0.220 e. The number of hydrogen-bond donors (Lipinski definition) is 3. The minimum atomic E-state index is 0. The summed E-state index contributed by atoms with van der Waals surface area (Å²) in [6.45, 7) is 9.61. The Kier molecular flexibility index (Phi) is 11.3. The SMILES string of the molecule is CC(C)NC(=O)CCCC(=O)NCCN1CCNCC1.Cl. The van der Waals surface area contributed by atoms with Gasteiger partial charge in [-0.3, -0.25) is 14.5 Å². The van der Waals surface area contributed by atoms with Crippen molar-refractivity contribution in [1.29, 1.82) is 0 Å². The van der Waals surface area contributed by atoms with Crippen LogP contribution in [0.25, 0.3) is 0 Å². The van der Waals surface area contributed by atoms with E-state index in [2.05, 4.69) is 20.9 Å². The minimum Gasteiger partial charge on any atom is -0.355 e. The number of nitrogens with zero attached hydrogens (tertiary/aromatic N) is 1. The molecule has 0 unspecified atom stereocenters. The van der Waals surface area contributed by atoms with E-state index in [1.807, 2.05) is 13.8 Å². The molecule has 2 amide bonds. The number of nitrogens with one attached hydrogen (secondary N) is 3. The monoisotopic (exact) mass is 320 g/mol. The quantitative estimate of drug-likeness (QED) is 0.594. The molecule has 6 nitrogen and oxygen atoms in total. The molecule has 1 heterocycles. The highest BCUT2D eigenvalue weighted by Crippen LogP contribution is 1.96. The molecule has 1 fully saturated rings. The van der Waals surface area contributed by atoms with Crippen LogP contribution in [0.4, 0.5) is 0 Å². The Morgan fingerprint density at radius 2 is 1.76 bits per heavy atom. The van der Waals surface area contributed by atoms with E-state index in [4.69, 9.17) is 0 Å². The summed E-state index contributed by atoms with van der Waals surface area (Å²) in [6.07, 6.45) is 1.45. The molecule has 0 radical (unpaired) electrons. The second-order valence-corrected chi connectivity index (χ2v) is 5.52. The predicted molar refractivity (Wildman–Crippen MR) is 86.7 cm³/mol. The number of amides is 2. The van der Waals surface area contributed by atoms with Crippen LogP contribution in [0.2, 0.25) is 0 Å². The first-order chi connectivity index (χ1) is 9.58. The van der Waals surface area contributed by atoms with Crippen molar-refractivity contribution < 1.29 is 9.59 Å².